The predicted molar refractivity (Wildman–Crippen MR) is 106 cm³/mol. The molecule has 1 amide bonds. The minimum atomic E-state index is -0.258. The number of carbonyl (C=O) groups is 1. The van der Waals surface area contributed by atoms with Gasteiger partial charge in [0.15, 0.2) is 5.76 Å². The Morgan fingerprint density at radius 2 is 2.00 bits per heavy atom. The van der Waals surface area contributed by atoms with Crippen LogP contribution in [0.25, 0.3) is 0 Å². The molecule has 9 heteroatoms. The van der Waals surface area contributed by atoms with Gasteiger partial charge in [-0.3, -0.25) is 4.79 Å². The number of nitrogens with zero attached hydrogens (tertiary/aromatic N) is 5. The third-order valence-corrected chi connectivity index (χ3v) is 5.61. The number of carbonyl (C=O) groups excluding carboxylic acids is 1. The minimum Gasteiger partial charge on any atom is -0.459 e. The van der Waals surface area contributed by atoms with E-state index < -0.39 is 0 Å². The average molecular weight is 413 g/mol. The Kier molecular flexibility index (Phi) is 6.18. The molecule has 4 rings (SSSR count). The third kappa shape index (κ3) is 4.40. The van der Waals surface area contributed by atoms with Gasteiger partial charge < -0.3 is 14.2 Å². The van der Waals surface area contributed by atoms with Gasteiger partial charge in [-0.25, -0.2) is 9.07 Å². The van der Waals surface area contributed by atoms with Crippen LogP contribution in [-0.2, 0) is 6.54 Å². The van der Waals surface area contributed by atoms with Gasteiger partial charge in [-0.1, -0.05) is 25.5 Å². The molecule has 1 N–H and O–H groups in total. The highest BCUT2D eigenvalue weighted by Crippen LogP contribution is 2.15. The number of aromatic nitrogens is 4. The Morgan fingerprint density at radius 3 is 2.67 bits per heavy atom. The summed E-state index contributed by atoms with van der Waals surface area (Å²) in [6.45, 7) is 5.61. The van der Waals surface area contributed by atoms with Gasteiger partial charge in [0.25, 0.3) is 5.91 Å². The van der Waals surface area contributed by atoms with Crippen molar-refractivity contribution in [2.24, 2.45) is 0 Å². The summed E-state index contributed by atoms with van der Waals surface area (Å²) in [5.74, 6) is 0.895. The van der Waals surface area contributed by atoms with Crippen molar-refractivity contribution >= 4 is 5.91 Å². The Morgan fingerprint density at radius 1 is 1.23 bits per heavy atom. The smallest absolute Gasteiger partial charge is 0.289 e. The van der Waals surface area contributed by atoms with Gasteiger partial charge in [0, 0.05) is 6.42 Å². The van der Waals surface area contributed by atoms with E-state index in [0.29, 0.717) is 25.4 Å². The van der Waals surface area contributed by atoms with Crippen LogP contribution in [0, 0.1) is 5.82 Å². The Balaban J connectivity index is 1.45. The van der Waals surface area contributed by atoms with E-state index >= 15 is 0 Å². The molecule has 3 heterocycles. The van der Waals surface area contributed by atoms with Crippen LogP contribution < -0.4 is 4.90 Å². The topological polar surface area (TPSA) is 81.5 Å². The van der Waals surface area contributed by atoms with Gasteiger partial charge in [0.2, 0.25) is 5.82 Å². The molecule has 0 radical (unpaired) electrons. The second-order valence-corrected chi connectivity index (χ2v) is 7.59. The molecule has 1 atom stereocenters. The number of amides is 1. The van der Waals surface area contributed by atoms with Crippen LogP contribution in [0.3, 0.4) is 0 Å². The highest BCUT2D eigenvalue weighted by molar-refractivity contribution is 5.91. The lowest BCUT2D eigenvalue weighted by atomic mass is 10.1. The fourth-order valence-electron chi connectivity index (χ4n) is 4.04. The van der Waals surface area contributed by atoms with E-state index in [0.717, 1.165) is 37.3 Å². The van der Waals surface area contributed by atoms with Crippen LogP contribution in [0.4, 0.5) is 4.39 Å². The first kappa shape index (κ1) is 20.2. The van der Waals surface area contributed by atoms with Crippen molar-refractivity contribution in [1.82, 2.24) is 25.1 Å². The lowest BCUT2D eigenvalue weighted by Gasteiger charge is -2.35. The first-order valence-corrected chi connectivity index (χ1v) is 10.3. The van der Waals surface area contributed by atoms with E-state index in [1.54, 1.807) is 28.9 Å². The highest BCUT2D eigenvalue weighted by atomic mass is 19.1. The highest BCUT2D eigenvalue weighted by Gasteiger charge is 2.34. The van der Waals surface area contributed by atoms with Gasteiger partial charge in [-0.2, -0.15) is 0 Å². The first-order valence-electron chi connectivity index (χ1n) is 10.3. The summed E-state index contributed by atoms with van der Waals surface area (Å²) in [6, 6.07) is 9.97. The molecule has 0 aliphatic carbocycles. The molecule has 1 aliphatic heterocycles. The van der Waals surface area contributed by atoms with Crippen LogP contribution in [0.5, 0.6) is 0 Å². The van der Waals surface area contributed by atoms with E-state index in [-0.39, 0.29) is 17.8 Å². The van der Waals surface area contributed by atoms with Gasteiger partial charge in [0.05, 0.1) is 39.0 Å². The lowest BCUT2D eigenvalue weighted by molar-refractivity contribution is -0.936. The molecule has 0 bridgehead atoms. The van der Waals surface area contributed by atoms with Crippen molar-refractivity contribution in [3.63, 3.8) is 0 Å². The number of benzene rings is 1. The summed E-state index contributed by atoms with van der Waals surface area (Å²) in [5.41, 5.74) is 0.948. The number of nitrogens with one attached hydrogen (secondary N) is 1. The van der Waals surface area contributed by atoms with Crippen LogP contribution in [-0.4, -0.2) is 57.2 Å². The summed E-state index contributed by atoms with van der Waals surface area (Å²) >= 11 is 0. The number of tetrazole rings is 1. The Hall–Kier alpha value is -3.07. The van der Waals surface area contributed by atoms with E-state index in [4.69, 9.17) is 4.42 Å². The first-order chi connectivity index (χ1) is 14.7. The minimum absolute atomic E-state index is 0.0627. The maximum Gasteiger partial charge on any atom is 0.289 e. The van der Waals surface area contributed by atoms with Crippen molar-refractivity contribution in [1.29, 1.82) is 0 Å². The molecule has 1 fully saturated rings. The molecular weight excluding hydrogens is 387 g/mol. The normalized spacial score (nSPS) is 16.0. The standard InChI is InChI=1S/C21H25FN6O2/c1-2-4-18(20-23-24-25-28(20)15-16-6-8-17(22)9-7-16)26-10-12-27(13-11-26)21(29)19-5-3-14-30-19/h3,5-9,14,18H,2,4,10-13,15H2,1H3/p+1/t18-/m1/s1. The number of quaternary nitrogens is 1. The maximum atomic E-state index is 13.2. The quantitative estimate of drug-likeness (QED) is 0.632. The van der Waals surface area contributed by atoms with Crippen LogP contribution in [0.15, 0.2) is 47.1 Å². The number of hydrogen-bond acceptors (Lipinski definition) is 5. The van der Waals surface area contributed by atoms with Gasteiger partial charge in [-0.05, 0) is 40.3 Å². The molecule has 1 aliphatic rings. The number of rotatable bonds is 7. The fourth-order valence-corrected chi connectivity index (χ4v) is 4.04. The van der Waals surface area contributed by atoms with Crippen LogP contribution in [0.2, 0.25) is 0 Å². The second kappa shape index (κ2) is 9.17. The molecular formula is C21H26FN6O2+. The van der Waals surface area contributed by atoms with Crippen molar-refractivity contribution in [2.45, 2.75) is 32.4 Å². The van der Waals surface area contributed by atoms with Crippen LogP contribution in [0.1, 0.15) is 47.7 Å². The molecule has 0 unspecified atom stereocenters. The summed E-state index contributed by atoms with van der Waals surface area (Å²) < 4.78 is 20.3. The molecule has 1 aromatic carbocycles. The fraction of sp³-hybridized carbons (Fsp3) is 0.429. The zero-order valence-corrected chi connectivity index (χ0v) is 17.0. The van der Waals surface area contributed by atoms with Gasteiger partial charge in [0.1, 0.15) is 11.9 Å². The summed E-state index contributed by atoms with van der Waals surface area (Å²) in [5, 5.41) is 12.4. The van der Waals surface area contributed by atoms with E-state index in [2.05, 4.69) is 22.4 Å². The van der Waals surface area contributed by atoms with E-state index in [9.17, 15) is 9.18 Å². The molecule has 0 saturated carbocycles. The lowest BCUT2D eigenvalue weighted by Crippen LogP contribution is -3.15. The zero-order chi connectivity index (χ0) is 20.9. The zero-order valence-electron chi connectivity index (χ0n) is 17.0. The molecule has 158 valence electrons. The summed E-state index contributed by atoms with van der Waals surface area (Å²) in [7, 11) is 0. The molecule has 30 heavy (non-hydrogen) atoms. The second-order valence-electron chi connectivity index (χ2n) is 7.59. The molecule has 1 saturated heterocycles. The maximum absolute atomic E-state index is 13.2. The van der Waals surface area contributed by atoms with Crippen molar-refractivity contribution in [3.05, 3.63) is 65.6 Å². The van der Waals surface area contributed by atoms with Crippen molar-refractivity contribution in [2.75, 3.05) is 26.2 Å². The van der Waals surface area contributed by atoms with E-state index in [1.165, 1.54) is 23.3 Å². The van der Waals surface area contributed by atoms with Crippen molar-refractivity contribution in [3.8, 4) is 0 Å². The van der Waals surface area contributed by atoms with Crippen LogP contribution >= 0.6 is 0 Å². The predicted octanol–water partition coefficient (Wildman–Crippen LogP) is 1.34. The SMILES string of the molecule is CCC[C@H](c1nnnn1Cc1ccc(F)cc1)[NH+]1CCN(C(=O)c2ccco2)CC1. The van der Waals surface area contributed by atoms with Gasteiger partial charge >= 0.3 is 0 Å². The van der Waals surface area contributed by atoms with E-state index in [1.807, 2.05) is 4.90 Å². The third-order valence-electron chi connectivity index (χ3n) is 5.61. The number of halogens is 1. The molecule has 3 aromatic rings. The molecule has 8 nitrogen and oxygen atoms in total. The molecule has 2 aromatic heterocycles. The Labute approximate surface area is 174 Å². The Bertz CT molecular complexity index is 948. The largest absolute Gasteiger partial charge is 0.459 e. The van der Waals surface area contributed by atoms with Gasteiger partial charge in [-0.15, -0.1) is 5.10 Å². The summed E-state index contributed by atoms with van der Waals surface area (Å²) in [4.78, 5) is 15.7. The van der Waals surface area contributed by atoms with Crippen molar-refractivity contribution < 1.29 is 18.5 Å². The monoisotopic (exact) mass is 413 g/mol. The summed E-state index contributed by atoms with van der Waals surface area (Å²) in [6.07, 6.45) is 3.48. The number of piperazine rings is 1. The average Bonchev–Trinajstić information content (AvgIpc) is 3.46. The number of furan rings is 1. The molecule has 0 spiro atoms. The number of hydrogen-bond donors (Lipinski definition) is 1.